The zero-order valence-corrected chi connectivity index (χ0v) is 11.1. The van der Waals surface area contributed by atoms with Crippen molar-refractivity contribution in [1.82, 2.24) is 5.32 Å². The molecule has 1 aromatic carbocycles. The summed E-state index contributed by atoms with van der Waals surface area (Å²) >= 11 is 1.79. The van der Waals surface area contributed by atoms with Crippen molar-refractivity contribution >= 4 is 21.6 Å². The average molecular weight is 269 g/mol. The lowest BCUT2D eigenvalue weighted by atomic mass is 10.1. The Kier molecular flexibility index (Phi) is 2.92. The SMILES string of the molecule is O=S1(=O)CC(SCC2CNC2)c2ccccc21. The predicted octanol–water partition coefficient (Wildman–Crippen LogP) is 1.47. The number of hydrogen-bond acceptors (Lipinski definition) is 4. The molecule has 0 aromatic heterocycles. The van der Waals surface area contributed by atoms with E-state index < -0.39 is 9.84 Å². The Morgan fingerprint density at radius 1 is 1.29 bits per heavy atom. The summed E-state index contributed by atoms with van der Waals surface area (Å²) in [6.45, 7) is 2.15. The Morgan fingerprint density at radius 3 is 2.76 bits per heavy atom. The lowest BCUT2D eigenvalue weighted by Gasteiger charge is -2.27. The highest BCUT2D eigenvalue weighted by Crippen LogP contribution is 2.42. The number of rotatable bonds is 3. The number of benzene rings is 1. The maximum atomic E-state index is 12.0. The van der Waals surface area contributed by atoms with Crippen LogP contribution in [-0.4, -0.2) is 33.0 Å². The van der Waals surface area contributed by atoms with Gasteiger partial charge in [0.15, 0.2) is 9.84 Å². The molecule has 0 amide bonds. The van der Waals surface area contributed by atoms with E-state index in [2.05, 4.69) is 5.32 Å². The highest BCUT2D eigenvalue weighted by Gasteiger charge is 2.35. The highest BCUT2D eigenvalue weighted by molar-refractivity contribution is 8.01. The first-order valence-corrected chi connectivity index (χ1v) is 8.51. The summed E-state index contributed by atoms with van der Waals surface area (Å²) in [6.07, 6.45) is 0. The molecule has 17 heavy (non-hydrogen) atoms. The zero-order chi connectivity index (χ0) is 11.9. The van der Waals surface area contributed by atoms with Crippen molar-refractivity contribution in [2.75, 3.05) is 24.6 Å². The van der Waals surface area contributed by atoms with Crippen LogP contribution >= 0.6 is 11.8 Å². The van der Waals surface area contributed by atoms with Crippen LogP contribution < -0.4 is 5.32 Å². The van der Waals surface area contributed by atoms with Gasteiger partial charge in [-0.05, 0) is 36.4 Å². The van der Waals surface area contributed by atoms with Crippen LogP contribution in [0.2, 0.25) is 0 Å². The van der Waals surface area contributed by atoms with Gasteiger partial charge in [0.1, 0.15) is 0 Å². The van der Waals surface area contributed by atoms with Crippen LogP contribution in [-0.2, 0) is 9.84 Å². The molecule has 0 radical (unpaired) electrons. The third-order valence-corrected chi connectivity index (χ3v) is 6.88. The van der Waals surface area contributed by atoms with Gasteiger partial charge in [0, 0.05) is 5.25 Å². The molecule has 2 heterocycles. The summed E-state index contributed by atoms with van der Waals surface area (Å²) in [5.41, 5.74) is 1.00. The molecule has 0 bridgehead atoms. The topological polar surface area (TPSA) is 46.2 Å². The Hall–Kier alpha value is -0.520. The van der Waals surface area contributed by atoms with Crippen molar-refractivity contribution < 1.29 is 8.42 Å². The lowest BCUT2D eigenvalue weighted by Crippen LogP contribution is -2.43. The van der Waals surface area contributed by atoms with Gasteiger partial charge in [0.05, 0.1) is 10.6 Å². The van der Waals surface area contributed by atoms with E-state index in [9.17, 15) is 8.42 Å². The third kappa shape index (κ3) is 2.11. The minimum atomic E-state index is -3.03. The predicted molar refractivity (Wildman–Crippen MR) is 70.1 cm³/mol. The first-order valence-electron chi connectivity index (χ1n) is 5.81. The van der Waals surface area contributed by atoms with Crippen molar-refractivity contribution in [3.8, 4) is 0 Å². The third-order valence-electron chi connectivity index (χ3n) is 3.37. The molecule has 1 aromatic rings. The van der Waals surface area contributed by atoms with E-state index in [1.807, 2.05) is 12.1 Å². The molecule has 1 N–H and O–H groups in total. The number of nitrogens with one attached hydrogen (secondary N) is 1. The van der Waals surface area contributed by atoms with Crippen molar-refractivity contribution in [2.24, 2.45) is 5.92 Å². The van der Waals surface area contributed by atoms with Gasteiger partial charge in [0.2, 0.25) is 0 Å². The van der Waals surface area contributed by atoms with E-state index in [1.165, 1.54) is 0 Å². The maximum absolute atomic E-state index is 12.0. The van der Waals surface area contributed by atoms with Gasteiger partial charge in [0.25, 0.3) is 0 Å². The second-order valence-electron chi connectivity index (χ2n) is 4.67. The van der Waals surface area contributed by atoms with E-state index in [0.29, 0.717) is 4.90 Å². The fraction of sp³-hybridized carbons (Fsp3) is 0.500. The zero-order valence-electron chi connectivity index (χ0n) is 9.43. The van der Waals surface area contributed by atoms with Gasteiger partial charge in [-0.1, -0.05) is 18.2 Å². The maximum Gasteiger partial charge on any atom is 0.180 e. The van der Waals surface area contributed by atoms with E-state index in [0.717, 1.165) is 30.3 Å². The molecule has 1 unspecified atom stereocenters. The standard InChI is InChI=1S/C12H15NO2S2/c14-17(15)8-11(16-7-9-5-13-6-9)10-3-1-2-4-12(10)17/h1-4,9,11,13H,5-8H2. The molecule has 0 saturated carbocycles. The molecule has 92 valence electrons. The van der Waals surface area contributed by atoms with Crippen LogP contribution in [0.5, 0.6) is 0 Å². The van der Waals surface area contributed by atoms with Crippen LogP contribution in [0.25, 0.3) is 0 Å². The summed E-state index contributed by atoms with van der Waals surface area (Å²) in [6, 6.07) is 7.42. The fourth-order valence-electron chi connectivity index (χ4n) is 2.27. The monoisotopic (exact) mass is 269 g/mol. The first-order chi connectivity index (χ1) is 8.17. The number of fused-ring (bicyclic) bond motifs is 1. The van der Waals surface area contributed by atoms with E-state index in [1.54, 1.807) is 23.9 Å². The summed E-state index contributed by atoms with van der Waals surface area (Å²) < 4.78 is 23.9. The van der Waals surface area contributed by atoms with Crippen LogP contribution in [0.15, 0.2) is 29.2 Å². The normalized spacial score (nSPS) is 26.5. The van der Waals surface area contributed by atoms with E-state index in [4.69, 9.17) is 0 Å². The van der Waals surface area contributed by atoms with Gasteiger partial charge in [-0.2, -0.15) is 11.8 Å². The molecule has 3 rings (SSSR count). The summed E-state index contributed by atoms with van der Waals surface area (Å²) in [4.78, 5) is 0.546. The number of hydrogen-bond donors (Lipinski definition) is 1. The molecule has 1 atom stereocenters. The van der Waals surface area contributed by atoms with Gasteiger partial charge in [-0.25, -0.2) is 8.42 Å². The lowest BCUT2D eigenvalue weighted by molar-refractivity contribution is 0.385. The Labute approximate surface area is 106 Å². The number of sulfone groups is 1. The second kappa shape index (κ2) is 4.30. The van der Waals surface area contributed by atoms with E-state index in [-0.39, 0.29) is 11.0 Å². The van der Waals surface area contributed by atoms with Crippen LogP contribution in [0.3, 0.4) is 0 Å². The molecule has 0 spiro atoms. The van der Waals surface area contributed by atoms with Crippen LogP contribution in [0.4, 0.5) is 0 Å². The van der Waals surface area contributed by atoms with Gasteiger partial charge in [-0.3, -0.25) is 0 Å². The van der Waals surface area contributed by atoms with Crippen molar-refractivity contribution in [3.63, 3.8) is 0 Å². The van der Waals surface area contributed by atoms with Gasteiger partial charge in [-0.15, -0.1) is 0 Å². The molecule has 2 aliphatic heterocycles. The van der Waals surface area contributed by atoms with Crippen LogP contribution in [0.1, 0.15) is 10.8 Å². The average Bonchev–Trinajstić information content (AvgIpc) is 2.50. The summed E-state index contributed by atoms with van der Waals surface area (Å²) in [7, 11) is -3.03. The Balaban J connectivity index is 1.79. The molecule has 2 aliphatic rings. The molecular weight excluding hydrogens is 254 g/mol. The fourth-order valence-corrected chi connectivity index (χ4v) is 6.00. The quantitative estimate of drug-likeness (QED) is 0.902. The van der Waals surface area contributed by atoms with Gasteiger partial charge >= 0.3 is 0 Å². The molecular formula is C12H15NO2S2. The minimum Gasteiger partial charge on any atom is -0.316 e. The van der Waals surface area contributed by atoms with E-state index >= 15 is 0 Å². The van der Waals surface area contributed by atoms with Crippen molar-refractivity contribution in [1.29, 1.82) is 0 Å². The summed E-state index contributed by atoms with van der Waals surface area (Å²) in [5, 5.41) is 3.38. The molecule has 3 nitrogen and oxygen atoms in total. The van der Waals surface area contributed by atoms with Gasteiger partial charge < -0.3 is 5.32 Å². The smallest absolute Gasteiger partial charge is 0.180 e. The van der Waals surface area contributed by atoms with Crippen LogP contribution in [0, 0.1) is 5.92 Å². The second-order valence-corrected chi connectivity index (χ2v) is 7.90. The molecule has 0 aliphatic carbocycles. The molecule has 5 heteroatoms. The van der Waals surface area contributed by atoms with Crippen molar-refractivity contribution in [3.05, 3.63) is 29.8 Å². The largest absolute Gasteiger partial charge is 0.316 e. The minimum absolute atomic E-state index is 0.136. The first kappa shape index (κ1) is 11.6. The highest BCUT2D eigenvalue weighted by atomic mass is 32.2. The number of thioether (sulfide) groups is 1. The van der Waals surface area contributed by atoms with Crippen molar-refractivity contribution in [2.45, 2.75) is 10.1 Å². The molecule has 1 fully saturated rings. The Morgan fingerprint density at radius 2 is 2.06 bits per heavy atom. The summed E-state index contributed by atoms with van der Waals surface area (Å²) in [5.74, 6) is 2.05. The molecule has 1 saturated heterocycles. The Bertz CT molecular complexity index is 523.